The number of hydrogen-bond donors (Lipinski definition) is 2. The number of hydrogen-bond acceptors (Lipinski definition) is 4. The molecular formula is C14H21N3O3S. The first-order valence-electron chi connectivity index (χ1n) is 6.84. The van der Waals surface area contributed by atoms with E-state index in [4.69, 9.17) is 5.73 Å². The van der Waals surface area contributed by atoms with Crippen molar-refractivity contribution in [3.63, 3.8) is 0 Å². The van der Waals surface area contributed by atoms with Crippen LogP contribution in [0.5, 0.6) is 0 Å². The Morgan fingerprint density at radius 2 is 2.00 bits per heavy atom. The molecule has 2 rings (SSSR count). The van der Waals surface area contributed by atoms with Gasteiger partial charge < -0.3 is 11.1 Å². The fraction of sp³-hybridized carbons (Fsp3) is 0.500. The van der Waals surface area contributed by atoms with Gasteiger partial charge in [0.25, 0.3) is 0 Å². The average molecular weight is 311 g/mol. The minimum atomic E-state index is -3.57. The molecule has 1 saturated heterocycles. The molecule has 1 amide bonds. The molecule has 7 heteroatoms. The summed E-state index contributed by atoms with van der Waals surface area (Å²) in [5, 5.41) is 2.69. The lowest BCUT2D eigenvalue weighted by atomic mass is 10.0. The number of carbonyl (C=O) groups excluding carboxylic acids is 1. The average Bonchev–Trinajstić information content (AvgIpc) is 2.41. The van der Waals surface area contributed by atoms with E-state index in [0.717, 1.165) is 5.56 Å². The van der Waals surface area contributed by atoms with Gasteiger partial charge >= 0.3 is 0 Å². The third-order valence-electron chi connectivity index (χ3n) is 3.69. The summed E-state index contributed by atoms with van der Waals surface area (Å²) in [4.78, 5) is 11.9. The van der Waals surface area contributed by atoms with Gasteiger partial charge in [-0.05, 0) is 25.0 Å². The largest absolute Gasteiger partial charge is 0.353 e. The van der Waals surface area contributed by atoms with Gasteiger partial charge in [-0.25, -0.2) is 8.42 Å². The van der Waals surface area contributed by atoms with Gasteiger partial charge in [0.1, 0.15) is 5.54 Å². The van der Waals surface area contributed by atoms with Crippen LogP contribution in [0, 0.1) is 0 Å². The Morgan fingerprint density at radius 3 is 2.67 bits per heavy atom. The first kappa shape index (κ1) is 15.9. The molecule has 0 atom stereocenters. The number of nitrogens with one attached hydrogen (secondary N) is 1. The SMILES string of the molecule is CC1(C)C(=O)NCCN1S(=O)(=O)Cc1cccc(CN)c1. The first-order chi connectivity index (χ1) is 9.77. The highest BCUT2D eigenvalue weighted by atomic mass is 32.2. The zero-order valence-corrected chi connectivity index (χ0v) is 13.1. The zero-order valence-electron chi connectivity index (χ0n) is 12.3. The second kappa shape index (κ2) is 5.75. The highest BCUT2D eigenvalue weighted by Crippen LogP contribution is 2.24. The molecule has 1 aromatic rings. The Bertz CT molecular complexity index is 641. The molecule has 0 aliphatic carbocycles. The van der Waals surface area contributed by atoms with Crippen molar-refractivity contribution in [2.24, 2.45) is 5.73 Å². The summed E-state index contributed by atoms with van der Waals surface area (Å²) >= 11 is 0. The van der Waals surface area contributed by atoms with E-state index < -0.39 is 15.6 Å². The Labute approximate surface area is 125 Å². The van der Waals surface area contributed by atoms with E-state index in [2.05, 4.69) is 5.32 Å². The Balaban J connectivity index is 2.27. The molecule has 116 valence electrons. The van der Waals surface area contributed by atoms with Gasteiger partial charge in [-0.3, -0.25) is 4.79 Å². The molecule has 0 spiro atoms. The smallest absolute Gasteiger partial charge is 0.241 e. The van der Waals surface area contributed by atoms with Crippen molar-refractivity contribution in [1.82, 2.24) is 9.62 Å². The van der Waals surface area contributed by atoms with E-state index in [-0.39, 0.29) is 18.2 Å². The van der Waals surface area contributed by atoms with Crippen LogP contribution in [0.15, 0.2) is 24.3 Å². The third kappa shape index (κ3) is 3.25. The van der Waals surface area contributed by atoms with Crippen LogP contribution in [0.1, 0.15) is 25.0 Å². The quantitative estimate of drug-likeness (QED) is 0.830. The second-order valence-electron chi connectivity index (χ2n) is 5.67. The number of nitrogens with zero attached hydrogens (tertiary/aromatic N) is 1. The lowest BCUT2D eigenvalue weighted by Gasteiger charge is -2.39. The summed E-state index contributed by atoms with van der Waals surface area (Å²) in [6, 6.07) is 7.19. The van der Waals surface area contributed by atoms with Crippen molar-refractivity contribution in [3.8, 4) is 0 Å². The molecule has 0 radical (unpaired) electrons. The van der Waals surface area contributed by atoms with Gasteiger partial charge in [0.2, 0.25) is 15.9 Å². The summed E-state index contributed by atoms with van der Waals surface area (Å²) < 4.78 is 26.5. The Kier molecular flexibility index (Phi) is 4.36. The van der Waals surface area contributed by atoms with Crippen LogP contribution < -0.4 is 11.1 Å². The predicted octanol–water partition coefficient (Wildman–Crippen LogP) is 0.186. The summed E-state index contributed by atoms with van der Waals surface area (Å²) in [6.45, 7) is 4.23. The van der Waals surface area contributed by atoms with E-state index in [1.54, 1.807) is 32.0 Å². The number of sulfonamides is 1. The Morgan fingerprint density at radius 1 is 1.33 bits per heavy atom. The van der Waals surface area contributed by atoms with Crippen molar-refractivity contribution in [3.05, 3.63) is 35.4 Å². The highest BCUT2D eigenvalue weighted by molar-refractivity contribution is 7.88. The monoisotopic (exact) mass is 311 g/mol. The van der Waals surface area contributed by atoms with Crippen LogP contribution in [0.4, 0.5) is 0 Å². The van der Waals surface area contributed by atoms with Crippen molar-refractivity contribution in [2.45, 2.75) is 31.7 Å². The fourth-order valence-corrected chi connectivity index (χ4v) is 4.41. The van der Waals surface area contributed by atoms with E-state index in [9.17, 15) is 13.2 Å². The summed E-state index contributed by atoms with van der Waals surface area (Å²) in [6.07, 6.45) is 0. The number of nitrogens with two attached hydrogens (primary N) is 1. The van der Waals surface area contributed by atoms with Crippen LogP contribution in [0.2, 0.25) is 0 Å². The van der Waals surface area contributed by atoms with Gasteiger partial charge in [-0.1, -0.05) is 24.3 Å². The summed E-state index contributed by atoms with van der Waals surface area (Å²) in [5.41, 5.74) is 6.07. The normalized spacial score (nSPS) is 19.3. The number of carbonyl (C=O) groups is 1. The third-order valence-corrected chi connectivity index (χ3v) is 5.70. The van der Waals surface area contributed by atoms with Crippen molar-refractivity contribution >= 4 is 15.9 Å². The second-order valence-corrected chi connectivity index (χ2v) is 7.56. The van der Waals surface area contributed by atoms with Crippen molar-refractivity contribution in [2.75, 3.05) is 13.1 Å². The number of benzene rings is 1. The maximum atomic E-state index is 12.6. The van der Waals surface area contributed by atoms with E-state index >= 15 is 0 Å². The van der Waals surface area contributed by atoms with Gasteiger partial charge in [-0.15, -0.1) is 0 Å². The van der Waals surface area contributed by atoms with Crippen LogP contribution in [0.3, 0.4) is 0 Å². The van der Waals surface area contributed by atoms with Crippen LogP contribution in [0.25, 0.3) is 0 Å². The van der Waals surface area contributed by atoms with Crippen LogP contribution in [-0.2, 0) is 27.1 Å². The van der Waals surface area contributed by atoms with Crippen LogP contribution in [-0.4, -0.2) is 37.3 Å². The van der Waals surface area contributed by atoms with E-state index in [1.165, 1.54) is 4.31 Å². The minimum Gasteiger partial charge on any atom is -0.353 e. The summed E-state index contributed by atoms with van der Waals surface area (Å²) in [5.74, 6) is -0.398. The maximum absolute atomic E-state index is 12.6. The van der Waals surface area contributed by atoms with Crippen molar-refractivity contribution < 1.29 is 13.2 Å². The molecule has 1 aromatic carbocycles. The molecule has 0 saturated carbocycles. The molecule has 0 aromatic heterocycles. The van der Waals surface area contributed by atoms with Gasteiger partial charge in [0.05, 0.1) is 5.75 Å². The molecule has 1 aliphatic rings. The molecule has 3 N–H and O–H groups in total. The molecule has 0 unspecified atom stereocenters. The number of rotatable bonds is 4. The van der Waals surface area contributed by atoms with E-state index in [0.29, 0.717) is 18.7 Å². The van der Waals surface area contributed by atoms with E-state index in [1.807, 2.05) is 6.07 Å². The van der Waals surface area contributed by atoms with Crippen LogP contribution >= 0.6 is 0 Å². The Hall–Kier alpha value is -1.44. The topological polar surface area (TPSA) is 92.5 Å². The molecule has 1 aliphatic heterocycles. The molecule has 1 fully saturated rings. The highest BCUT2D eigenvalue weighted by Gasteiger charge is 2.44. The zero-order chi connectivity index (χ0) is 15.7. The van der Waals surface area contributed by atoms with Gasteiger partial charge in [-0.2, -0.15) is 4.31 Å². The first-order valence-corrected chi connectivity index (χ1v) is 8.45. The standard InChI is InChI=1S/C14H21N3O3S/c1-14(2)13(18)16-6-7-17(14)21(19,20)10-12-5-3-4-11(8-12)9-15/h3-5,8H,6-7,9-10,15H2,1-2H3,(H,16,18). The molecular weight excluding hydrogens is 290 g/mol. The maximum Gasteiger partial charge on any atom is 0.241 e. The minimum absolute atomic E-state index is 0.127. The summed E-state index contributed by atoms with van der Waals surface area (Å²) in [7, 11) is -3.57. The van der Waals surface area contributed by atoms with Gasteiger partial charge in [0.15, 0.2) is 0 Å². The molecule has 1 heterocycles. The fourth-order valence-electron chi connectivity index (χ4n) is 2.50. The molecule has 6 nitrogen and oxygen atoms in total. The van der Waals surface area contributed by atoms with Crippen molar-refractivity contribution in [1.29, 1.82) is 0 Å². The van der Waals surface area contributed by atoms with Gasteiger partial charge in [0, 0.05) is 19.6 Å². The predicted molar refractivity (Wildman–Crippen MR) is 80.8 cm³/mol. The molecule has 21 heavy (non-hydrogen) atoms. The number of piperazine rings is 1. The lowest BCUT2D eigenvalue weighted by molar-refractivity contribution is -0.131. The lowest BCUT2D eigenvalue weighted by Crippen LogP contribution is -2.63. The molecule has 0 bridgehead atoms. The number of amides is 1.